The molecule has 164 valence electrons. The van der Waals surface area contributed by atoms with Crippen LogP contribution in [0.2, 0.25) is 0 Å². The predicted octanol–water partition coefficient (Wildman–Crippen LogP) is 5.35. The molecule has 3 aromatic carbocycles. The van der Waals surface area contributed by atoms with E-state index in [0.29, 0.717) is 23.5 Å². The highest BCUT2D eigenvalue weighted by atomic mass is 32.2. The van der Waals surface area contributed by atoms with E-state index >= 15 is 0 Å². The molecule has 4 rings (SSSR count). The van der Waals surface area contributed by atoms with Gasteiger partial charge in [0.05, 0.1) is 22.5 Å². The molecule has 0 fully saturated rings. The second-order valence-electron chi connectivity index (χ2n) is 7.18. The molecule has 0 saturated carbocycles. The number of unbranched alkanes of at least 4 members (excludes halogenated alkanes) is 1. The highest BCUT2D eigenvalue weighted by Crippen LogP contribution is 2.28. The van der Waals surface area contributed by atoms with E-state index in [-0.39, 0.29) is 10.7 Å². The molecule has 0 radical (unpaired) electrons. The molecular formula is C24H24N4O3S. The lowest BCUT2D eigenvalue weighted by atomic mass is 10.3. The Morgan fingerprint density at radius 2 is 1.44 bits per heavy atom. The van der Waals surface area contributed by atoms with Crippen LogP contribution in [0.3, 0.4) is 0 Å². The lowest BCUT2D eigenvalue weighted by Gasteiger charge is -2.14. The number of para-hydroxylation sites is 2. The minimum absolute atomic E-state index is 0.121. The number of sulfonamides is 1. The van der Waals surface area contributed by atoms with Gasteiger partial charge >= 0.3 is 0 Å². The first-order chi connectivity index (χ1) is 15.5. The SMILES string of the molecule is CCCCOc1ccc(Nc2nc3ccccc3nc2NS(=O)(=O)c2ccccc2)cc1. The number of benzene rings is 3. The van der Waals surface area contributed by atoms with Crippen LogP contribution in [0.1, 0.15) is 19.8 Å². The van der Waals surface area contributed by atoms with Crippen molar-refractivity contribution in [3.63, 3.8) is 0 Å². The Labute approximate surface area is 187 Å². The van der Waals surface area contributed by atoms with Gasteiger partial charge in [0, 0.05) is 5.69 Å². The van der Waals surface area contributed by atoms with Crippen LogP contribution >= 0.6 is 0 Å². The van der Waals surface area contributed by atoms with E-state index in [4.69, 9.17) is 4.74 Å². The van der Waals surface area contributed by atoms with Crippen molar-refractivity contribution in [3.05, 3.63) is 78.9 Å². The monoisotopic (exact) mass is 448 g/mol. The summed E-state index contributed by atoms with van der Waals surface area (Å²) in [6.45, 7) is 2.79. The molecular weight excluding hydrogens is 424 g/mol. The normalized spacial score (nSPS) is 11.3. The second-order valence-corrected chi connectivity index (χ2v) is 8.86. The van der Waals surface area contributed by atoms with Crippen molar-refractivity contribution in [3.8, 4) is 5.75 Å². The van der Waals surface area contributed by atoms with Crippen molar-refractivity contribution in [2.24, 2.45) is 0 Å². The average molecular weight is 449 g/mol. The summed E-state index contributed by atoms with van der Waals surface area (Å²) in [6.07, 6.45) is 2.07. The zero-order chi connectivity index (χ0) is 22.4. The number of aromatic nitrogens is 2. The first-order valence-corrected chi connectivity index (χ1v) is 11.9. The molecule has 0 unspecified atom stereocenters. The summed E-state index contributed by atoms with van der Waals surface area (Å²) in [7, 11) is -3.83. The second kappa shape index (κ2) is 9.65. The van der Waals surface area contributed by atoms with E-state index in [2.05, 4.69) is 26.9 Å². The number of nitrogens with zero attached hydrogens (tertiary/aromatic N) is 2. The van der Waals surface area contributed by atoms with Crippen LogP contribution in [0.5, 0.6) is 5.75 Å². The molecule has 8 heteroatoms. The lowest BCUT2D eigenvalue weighted by molar-refractivity contribution is 0.309. The Morgan fingerprint density at radius 3 is 2.09 bits per heavy atom. The quantitative estimate of drug-likeness (QED) is 0.335. The molecule has 1 heterocycles. The van der Waals surface area contributed by atoms with E-state index in [9.17, 15) is 8.42 Å². The first kappa shape index (κ1) is 21.6. The Bertz CT molecular complexity index is 1290. The smallest absolute Gasteiger partial charge is 0.263 e. The van der Waals surface area contributed by atoms with Gasteiger partial charge in [-0.25, -0.2) is 18.4 Å². The Morgan fingerprint density at radius 1 is 0.812 bits per heavy atom. The van der Waals surface area contributed by atoms with Gasteiger partial charge in [0.2, 0.25) is 0 Å². The van der Waals surface area contributed by atoms with Gasteiger partial charge in [-0.15, -0.1) is 0 Å². The molecule has 0 amide bonds. The van der Waals surface area contributed by atoms with Gasteiger partial charge < -0.3 is 10.1 Å². The van der Waals surface area contributed by atoms with Crippen molar-refractivity contribution < 1.29 is 13.2 Å². The van der Waals surface area contributed by atoms with E-state index < -0.39 is 10.0 Å². The molecule has 7 nitrogen and oxygen atoms in total. The summed E-state index contributed by atoms with van der Waals surface area (Å²) in [5.41, 5.74) is 1.97. The predicted molar refractivity (Wildman–Crippen MR) is 127 cm³/mol. The number of fused-ring (bicyclic) bond motifs is 1. The van der Waals surface area contributed by atoms with Gasteiger partial charge in [-0.2, -0.15) is 0 Å². The minimum atomic E-state index is -3.83. The molecule has 0 atom stereocenters. The molecule has 0 spiro atoms. The third-order valence-corrected chi connectivity index (χ3v) is 6.09. The number of hydrogen-bond donors (Lipinski definition) is 2. The average Bonchev–Trinajstić information content (AvgIpc) is 2.81. The maximum absolute atomic E-state index is 12.9. The molecule has 0 aliphatic rings. The van der Waals surface area contributed by atoms with Gasteiger partial charge in [0.15, 0.2) is 11.6 Å². The summed E-state index contributed by atoms with van der Waals surface area (Å²) in [5.74, 6) is 1.21. The Kier molecular flexibility index (Phi) is 6.51. The molecule has 1 aromatic heterocycles. The molecule has 2 N–H and O–H groups in total. The van der Waals surface area contributed by atoms with E-state index in [0.717, 1.165) is 24.3 Å². The van der Waals surface area contributed by atoms with E-state index in [1.165, 1.54) is 12.1 Å². The maximum Gasteiger partial charge on any atom is 0.263 e. The minimum Gasteiger partial charge on any atom is -0.494 e. The Hall–Kier alpha value is -3.65. The summed E-state index contributed by atoms with van der Waals surface area (Å²) < 4.78 is 34.1. The molecule has 0 saturated heterocycles. The van der Waals surface area contributed by atoms with Gasteiger partial charge in [0.1, 0.15) is 5.75 Å². The number of ether oxygens (including phenoxy) is 1. The zero-order valence-corrected chi connectivity index (χ0v) is 18.5. The van der Waals surface area contributed by atoms with Crippen LogP contribution in [-0.4, -0.2) is 25.0 Å². The summed E-state index contributed by atoms with van der Waals surface area (Å²) in [5, 5.41) is 3.18. The first-order valence-electron chi connectivity index (χ1n) is 10.4. The number of nitrogens with one attached hydrogen (secondary N) is 2. The number of anilines is 3. The van der Waals surface area contributed by atoms with Crippen LogP contribution in [0.4, 0.5) is 17.3 Å². The summed E-state index contributed by atoms with van der Waals surface area (Å²) in [6, 6.07) is 22.9. The molecule has 32 heavy (non-hydrogen) atoms. The van der Waals surface area contributed by atoms with Crippen molar-refractivity contribution in [1.29, 1.82) is 0 Å². The van der Waals surface area contributed by atoms with Crippen LogP contribution in [-0.2, 0) is 10.0 Å². The molecule has 4 aromatic rings. The van der Waals surface area contributed by atoms with Crippen LogP contribution in [0.25, 0.3) is 11.0 Å². The van der Waals surface area contributed by atoms with Crippen molar-refractivity contribution in [2.45, 2.75) is 24.7 Å². The maximum atomic E-state index is 12.9. The Balaban J connectivity index is 1.64. The number of rotatable bonds is 9. The van der Waals surface area contributed by atoms with Gasteiger partial charge in [-0.05, 0) is 55.0 Å². The van der Waals surface area contributed by atoms with Crippen LogP contribution in [0.15, 0.2) is 83.8 Å². The van der Waals surface area contributed by atoms with E-state index in [1.807, 2.05) is 42.5 Å². The fourth-order valence-corrected chi connectivity index (χ4v) is 4.08. The highest BCUT2D eigenvalue weighted by Gasteiger charge is 2.18. The van der Waals surface area contributed by atoms with E-state index in [1.54, 1.807) is 24.3 Å². The topological polar surface area (TPSA) is 93.2 Å². The van der Waals surface area contributed by atoms with Gasteiger partial charge in [0.25, 0.3) is 10.0 Å². The summed E-state index contributed by atoms with van der Waals surface area (Å²) in [4.78, 5) is 9.26. The third kappa shape index (κ3) is 5.15. The zero-order valence-electron chi connectivity index (χ0n) is 17.7. The molecule has 0 aliphatic heterocycles. The standard InChI is InChI=1S/C24H24N4O3S/c1-2-3-17-31-19-15-13-18(14-16-19)25-23-24(27-22-12-8-7-11-21(22)26-23)28-32(29,30)20-9-5-4-6-10-20/h4-16H,2-3,17H2,1H3,(H,25,26)(H,27,28). The molecule has 0 aliphatic carbocycles. The number of hydrogen-bond acceptors (Lipinski definition) is 6. The van der Waals surface area contributed by atoms with Crippen LogP contribution < -0.4 is 14.8 Å². The van der Waals surface area contributed by atoms with Crippen molar-refractivity contribution in [2.75, 3.05) is 16.6 Å². The fraction of sp³-hybridized carbons (Fsp3) is 0.167. The van der Waals surface area contributed by atoms with Crippen LogP contribution in [0, 0.1) is 0 Å². The molecule has 0 bridgehead atoms. The van der Waals surface area contributed by atoms with Gasteiger partial charge in [-0.3, -0.25) is 4.72 Å². The van der Waals surface area contributed by atoms with Gasteiger partial charge in [-0.1, -0.05) is 43.7 Å². The fourth-order valence-electron chi connectivity index (χ4n) is 3.05. The van der Waals surface area contributed by atoms with Crippen molar-refractivity contribution >= 4 is 38.4 Å². The largest absolute Gasteiger partial charge is 0.494 e. The summed E-state index contributed by atoms with van der Waals surface area (Å²) >= 11 is 0. The third-order valence-electron chi connectivity index (χ3n) is 4.74. The lowest BCUT2D eigenvalue weighted by Crippen LogP contribution is -2.16. The highest BCUT2D eigenvalue weighted by molar-refractivity contribution is 7.92. The van der Waals surface area contributed by atoms with Crippen molar-refractivity contribution in [1.82, 2.24) is 9.97 Å².